The molecule has 0 saturated carbocycles. The van der Waals surface area contributed by atoms with E-state index in [0.29, 0.717) is 13.2 Å². The van der Waals surface area contributed by atoms with Gasteiger partial charge in [-0.15, -0.1) is 0 Å². The molecule has 0 aliphatic carbocycles. The highest BCUT2D eigenvalue weighted by atomic mass is 16.5. The van der Waals surface area contributed by atoms with Crippen molar-refractivity contribution < 1.29 is 14.2 Å². The standard InChI is InChI=1S/C22H30N2O3/c1-5-26-22-19-11-12-23-21(18(19)9-10-20(22)25-4)16-7-6-8-17(15-16)27-14-13-24(2)3/h6-10,15,21,23H,5,11-14H2,1-4H3. The zero-order valence-electron chi connectivity index (χ0n) is 16.7. The number of hydrogen-bond donors (Lipinski definition) is 1. The van der Waals surface area contributed by atoms with Gasteiger partial charge in [0.05, 0.1) is 19.8 Å². The number of hydrogen-bond acceptors (Lipinski definition) is 5. The van der Waals surface area contributed by atoms with Crippen LogP contribution in [0.15, 0.2) is 36.4 Å². The fourth-order valence-corrected chi connectivity index (χ4v) is 3.49. The van der Waals surface area contributed by atoms with Crippen molar-refractivity contribution in [3.8, 4) is 17.2 Å². The van der Waals surface area contributed by atoms with Gasteiger partial charge in [-0.25, -0.2) is 0 Å². The van der Waals surface area contributed by atoms with Gasteiger partial charge in [-0.3, -0.25) is 0 Å². The van der Waals surface area contributed by atoms with E-state index in [2.05, 4.69) is 34.5 Å². The molecule has 0 spiro atoms. The maximum atomic E-state index is 5.93. The highest BCUT2D eigenvalue weighted by Gasteiger charge is 2.26. The number of rotatable bonds is 8. The zero-order valence-corrected chi connectivity index (χ0v) is 16.7. The minimum atomic E-state index is 0.122. The van der Waals surface area contributed by atoms with Gasteiger partial charge >= 0.3 is 0 Å². The number of likely N-dealkylation sites (N-methyl/N-ethyl adjacent to an activating group) is 1. The third kappa shape index (κ3) is 4.54. The molecule has 1 heterocycles. The summed E-state index contributed by atoms with van der Waals surface area (Å²) in [6.45, 7) is 5.10. The third-order valence-corrected chi connectivity index (χ3v) is 4.80. The van der Waals surface area contributed by atoms with Gasteiger partial charge in [-0.2, -0.15) is 0 Å². The summed E-state index contributed by atoms with van der Waals surface area (Å²) in [7, 11) is 5.79. The SMILES string of the molecule is CCOc1c(OC)ccc2c1CCNC2c1cccc(OCCN(C)C)c1. The summed E-state index contributed by atoms with van der Waals surface area (Å²) in [4.78, 5) is 2.12. The molecule has 0 saturated heterocycles. The topological polar surface area (TPSA) is 43.0 Å². The maximum Gasteiger partial charge on any atom is 0.164 e. The molecule has 1 aliphatic rings. The van der Waals surface area contributed by atoms with Gasteiger partial charge in [-0.1, -0.05) is 18.2 Å². The Morgan fingerprint density at radius 3 is 2.74 bits per heavy atom. The Morgan fingerprint density at radius 1 is 1.15 bits per heavy atom. The lowest BCUT2D eigenvalue weighted by atomic mass is 9.89. The molecule has 5 nitrogen and oxygen atoms in total. The molecule has 2 aromatic carbocycles. The molecular weight excluding hydrogens is 340 g/mol. The first-order valence-corrected chi connectivity index (χ1v) is 9.57. The van der Waals surface area contributed by atoms with Crippen LogP contribution in [-0.2, 0) is 6.42 Å². The Morgan fingerprint density at radius 2 is 2.00 bits per heavy atom. The average molecular weight is 370 g/mol. The van der Waals surface area contributed by atoms with E-state index in [1.165, 1.54) is 16.7 Å². The molecule has 0 fully saturated rings. The van der Waals surface area contributed by atoms with Crippen molar-refractivity contribution in [1.29, 1.82) is 0 Å². The Bertz CT molecular complexity index is 761. The van der Waals surface area contributed by atoms with Crippen molar-refractivity contribution in [1.82, 2.24) is 10.2 Å². The van der Waals surface area contributed by atoms with Crippen LogP contribution in [0, 0.1) is 0 Å². The van der Waals surface area contributed by atoms with Crippen molar-refractivity contribution in [3.05, 3.63) is 53.1 Å². The van der Waals surface area contributed by atoms with Gasteiger partial charge < -0.3 is 24.4 Å². The molecule has 0 bridgehead atoms. The van der Waals surface area contributed by atoms with Gasteiger partial charge in [0.15, 0.2) is 11.5 Å². The molecule has 1 atom stereocenters. The van der Waals surface area contributed by atoms with E-state index in [1.54, 1.807) is 7.11 Å². The predicted octanol–water partition coefficient (Wildman–Crippen LogP) is 3.27. The average Bonchev–Trinajstić information content (AvgIpc) is 2.68. The lowest BCUT2D eigenvalue weighted by Crippen LogP contribution is -2.31. The molecule has 3 rings (SSSR count). The summed E-state index contributed by atoms with van der Waals surface area (Å²) in [6.07, 6.45) is 0.928. The van der Waals surface area contributed by atoms with E-state index in [9.17, 15) is 0 Å². The Balaban J connectivity index is 1.88. The Labute approximate surface area is 162 Å². The first kappa shape index (κ1) is 19.5. The molecule has 1 N–H and O–H groups in total. The first-order chi connectivity index (χ1) is 13.1. The van der Waals surface area contributed by atoms with Crippen LogP contribution in [0.5, 0.6) is 17.2 Å². The summed E-state index contributed by atoms with van der Waals surface area (Å²) in [5.41, 5.74) is 3.68. The van der Waals surface area contributed by atoms with Crippen molar-refractivity contribution in [2.75, 3.05) is 47.5 Å². The summed E-state index contributed by atoms with van der Waals surface area (Å²) < 4.78 is 17.4. The molecule has 5 heteroatoms. The minimum Gasteiger partial charge on any atom is -0.493 e. The second-order valence-corrected chi connectivity index (χ2v) is 6.96. The monoisotopic (exact) mass is 370 g/mol. The van der Waals surface area contributed by atoms with E-state index in [-0.39, 0.29) is 6.04 Å². The van der Waals surface area contributed by atoms with Gasteiger partial charge in [-0.05, 0) is 56.8 Å². The van der Waals surface area contributed by atoms with Crippen molar-refractivity contribution >= 4 is 0 Å². The normalized spacial score (nSPS) is 16.1. The van der Waals surface area contributed by atoms with Crippen molar-refractivity contribution in [2.24, 2.45) is 0 Å². The molecule has 1 unspecified atom stereocenters. The number of methoxy groups -OCH3 is 1. The fourth-order valence-electron chi connectivity index (χ4n) is 3.49. The van der Waals surface area contributed by atoms with Crippen molar-refractivity contribution in [3.63, 3.8) is 0 Å². The van der Waals surface area contributed by atoms with E-state index in [4.69, 9.17) is 14.2 Å². The molecule has 0 radical (unpaired) electrons. The molecule has 27 heavy (non-hydrogen) atoms. The van der Waals surface area contributed by atoms with Crippen LogP contribution < -0.4 is 19.5 Å². The summed E-state index contributed by atoms with van der Waals surface area (Å²) in [6, 6.07) is 12.6. The molecule has 146 valence electrons. The van der Waals surface area contributed by atoms with E-state index in [1.807, 2.05) is 33.2 Å². The number of benzene rings is 2. The van der Waals surface area contributed by atoms with Crippen LogP contribution in [0.25, 0.3) is 0 Å². The molecule has 2 aromatic rings. The van der Waals surface area contributed by atoms with Crippen LogP contribution in [0.3, 0.4) is 0 Å². The van der Waals surface area contributed by atoms with Crippen LogP contribution in [-0.4, -0.2) is 52.4 Å². The van der Waals surface area contributed by atoms with Crippen LogP contribution in [0.1, 0.15) is 29.7 Å². The second-order valence-electron chi connectivity index (χ2n) is 6.96. The zero-order chi connectivity index (χ0) is 19.2. The summed E-state index contributed by atoms with van der Waals surface area (Å²) in [5.74, 6) is 2.58. The molecule has 0 aromatic heterocycles. The largest absolute Gasteiger partial charge is 0.493 e. The summed E-state index contributed by atoms with van der Waals surface area (Å²) >= 11 is 0. The predicted molar refractivity (Wildman–Crippen MR) is 108 cm³/mol. The Hall–Kier alpha value is -2.24. The van der Waals surface area contributed by atoms with Gasteiger partial charge in [0.1, 0.15) is 12.4 Å². The van der Waals surface area contributed by atoms with Crippen LogP contribution >= 0.6 is 0 Å². The molecule has 0 amide bonds. The third-order valence-electron chi connectivity index (χ3n) is 4.80. The number of fused-ring (bicyclic) bond motifs is 1. The number of nitrogens with one attached hydrogen (secondary N) is 1. The maximum absolute atomic E-state index is 5.93. The van der Waals surface area contributed by atoms with E-state index in [0.717, 1.165) is 36.8 Å². The van der Waals surface area contributed by atoms with Crippen molar-refractivity contribution in [2.45, 2.75) is 19.4 Å². The number of ether oxygens (including phenoxy) is 3. The molecule has 1 aliphatic heterocycles. The summed E-state index contributed by atoms with van der Waals surface area (Å²) in [5, 5.41) is 3.64. The fraction of sp³-hybridized carbons (Fsp3) is 0.455. The smallest absolute Gasteiger partial charge is 0.164 e. The van der Waals surface area contributed by atoms with Crippen LogP contribution in [0.2, 0.25) is 0 Å². The van der Waals surface area contributed by atoms with Gasteiger partial charge in [0.2, 0.25) is 0 Å². The van der Waals surface area contributed by atoms with E-state index < -0.39 is 0 Å². The highest BCUT2D eigenvalue weighted by Crippen LogP contribution is 2.40. The second kappa shape index (κ2) is 9.11. The molecular formula is C22H30N2O3. The lowest BCUT2D eigenvalue weighted by molar-refractivity contribution is 0.261. The quantitative estimate of drug-likeness (QED) is 0.773. The van der Waals surface area contributed by atoms with E-state index >= 15 is 0 Å². The lowest BCUT2D eigenvalue weighted by Gasteiger charge is -2.29. The Kier molecular flexibility index (Phi) is 6.58. The highest BCUT2D eigenvalue weighted by molar-refractivity contribution is 5.55. The minimum absolute atomic E-state index is 0.122. The van der Waals surface area contributed by atoms with Crippen LogP contribution in [0.4, 0.5) is 0 Å². The van der Waals surface area contributed by atoms with Gasteiger partial charge in [0, 0.05) is 18.7 Å². The van der Waals surface area contributed by atoms with Gasteiger partial charge in [0.25, 0.3) is 0 Å². The first-order valence-electron chi connectivity index (χ1n) is 9.57. The number of nitrogens with zero attached hydrogens (tertiary/aromatic N) is 1.